The summed E-state index contributed by atoms with van der Waals surface area (Å²) in [6, 6.07) is 26.0. The molecule has 4 fully saturated rings. The van der Waals surface area contributed by atoms with Crippen LogP contribution in [0.15, 0.2) is 87.5 Å². The van der Waals surface area contributed by atoms with Crippen molar-refractivity contribution >= 4 is 16.9 Å². The first-order chi connectivity index (χ1) is 20.5. The highest BCUT2D eigenvalue weighted by molar-refractivity contribution is 7.97. The number of hydrogen-bond donors (Lipinski definition) is 2. The number of carbonyl (C=O) groups excluding carboxylic acids is 1. The fourth-order valence-electron chi connectivity index (χ4n) is 8.04. The fourth-order valence-corrected chi connectivity index (χ4v) is 10.1. The molecular formula is C38H47O5S+. The molecule has 5 nitrogen and oxygen atoms in total. The lowest BCUT2D eigenvalue weighted by Crippen LogP contribution is -2.67. The number of benzene rings is 3. The van der Waals surface area contributed by atoms with E-state index in [4.69, 9.17) is 9.47 Å². The molecule has 0 amide bonds. The molecule has 2 unspecified atom stereocenters. The predicted molar refractivity (Wildman–Crippen MR) is 174 cm³/mol. The van der Waals surface area contributed by atoms with Crippen LogP contribution in [0.5, 0.6) is 5.75 Å². The normalized spacial score (nSPS) is 27.9. The van der Waals surface area contributed by atoms with Crippen LogP contribution in [0.25, 0.3) is 0 Å². The molecule has 7 rings (SSSR count). The van der Waals surface area contributed by atoms with Gasteiger partial charge in [-0.1, -0.05) is 65.8 Å². The molecular weight excluding hydrogens is 568 g/mol. The molecule has 3 aromatic rings. The number of esters is 1. The highest BCUT2D eigenvalue weighted by atomic mass is 32.2. The molecule has 234 valence electrons. The largest absolute Gasteiger partial charge is 0.482 e. The van der Waals surface area contributed by atoms with Gasteiger partial charge in [-0.15, -0.1) is 0 Å². The molecule has 0 aliphatic heterocycles. The summed E-state index contributed by atoms with van der Waals surface area (Å²) in [5, 5.41) is 22.0. The average Bonchev–Trinajstić information content (AvgIpc) is 2.90. The maximum atomic E-state index is 12.9. The monoisotopic (exact) mass is 615 g/mol. The molecule has 0 heterocycles. The van der Waals surface area contributed by atoms with Crippen molar-refractivity contribution < 1.29 is 24.5 Å². The molecule has 2 N–H and O–H groups in total. The van der Waals surface area contributed by atoms with Gasteiger partial charge in [-0.2, -0.15) is 0 Å². The van der Waals surface area contributed by atoms with Gasteiger partial charge in [0.05, 0.1) is 22.1 Å². The minimum atomic E-state index is -0.942. The zero-order chi connectivity index (χ0) is 31.5. The molecule has 0 aromatic heterocycles. The van der Waals surface area contributed by atoms with Crippen molar-refractivity contribution in [2.75, 3.05) is 6.61 Å². The Morgan fingerprint density at radius 3 is 1.55 bits per heavy atom. The van der Waals surface area contributed by atoms with Crippen molar-refractivity contribution in [3.05, 3.63) is 83.9 Å². The summed E-state index contributed by atoms with van der Waals surface area (Å²) in [6.45, 7) is 13.2. The van der Waals surface area contributed by atoms with E-state index in [0.717, 1.165) is 0 Å². The number of carbonyl (C=O) groups is 1. The van der Waals surface area contributed by atoms with E-state index < -0.39 is 22.8 Å². The topological polar surface area (TPSA) is 76.0 Å². The van der Waals surface area contributed by atoms with E-state index in [2.05, 4.69) is 102 Å². The van der Waals surface area contributed by atoms with Gasteiger partial charge in [-0.3, -0.25) is 0 Å². The van der Waals surface area contributed by atoms with Crippen molar-refractivity contribution in [2.24, 2.45) is 5.92 Å². The lowest BCUT2D eigenvalue weighted by Gasteiger charge is -2.62. The third-order valence-corrected chi connectivity index (χ3v) is 11.8. The van der Waals surface area contributed by atoms with Gasteiger partial charge in [0.1, 0.15) is 11.4 Å². The standard InChI is InChI=1S/C38H47O5S/c1-34(2,3)27-7-13-30(14-8-27)44(31-15-9-28(10-16-31)35(4,5)6)32-17-11-29(12-18-32)42-22-33(39)43-38-21-26-19-36(40,24-38)23-37(41,20-26)25-38/h7-18,26,40-41H,19-25H2,1-6H3/q+1. The van der Waals surface area contributed by atoms with Gasteiger partial charge in [0, 0.05) is 19.3 Å². The Hall–Kier alpha value is -2.80. The number of rotatable bonds is 7. The van der Waals surface area contributed by atoms with Crippen LogP contribution in [-0.4, -0.2) is 39.6 Å². The first kappa shape index (κ1) is 31.2. The summed E-state index contributed by atoms with van der Waals surface area (Å²) in [4.78, 5) is 16.6. The predicted octanol–water partition coefficient (Wildman–Crippen LogP) is 7.50. The molecule has 3 aromatic carbocycles. The van der Waals surface area contributed by atoms with E-state index in [1.165, 1.54) is 25.8 Å². The molecule has 0 saturated heterocycles. The molecule has 6 heteroatoms. The quantitative estimate of drug-likeness (QED) is 0.213. The van der Waals surface area contributed by atoms with Gasteiger partial charge >= 0.3 is 5.97 Å². The minimum Gasteiger partial charge on any atom is -0.482 e. The van der Waals surface area contributed by atoms with E-state index in [0.29, 0.717) is 44.3 Å². The maximum absolute atomic E-state index is 12.9. The lowest BCUT2D eigenvalue weighted by atomic mass is 9.50. The number of hydrogen-bond acceptors (Lipinski definition) is 5. The SMILES string of the molecule is CC(C)(C)c1ccc([S+](c2ccc(OCC(=O)OC34CC5CC(O)(CC(O)(C5)C3)C4)cc2)c2ccc(C(C)(C)C)cc2)cc1. The summed E-state index contributed by atoms with van der Waals surface area (Å²) < 4.78 is 11.9. The molecule has 0 spiro atoms. The third-order valence-electron chi connectivity index (χ3n) is 9.62. The third kappa shape index (κ3) is 6.45. The molecule has 0 radical (unpaired) electrons. The Labute approximate surface area is 265 Å². The van der Waals surface area contributed by atoms with Crippen LogP contribution in [0.1, 0.15) is 91.2 Å². The summed E-state index contributed by atoms with van der Waals surface area (Å²) in [6.07, 6.45) is 3.24. The smallest absolute Gasteiger partial charge is 0.344 e. The number of ether oxygens (including phenoxy) is 2. The fraction of sp³-hybridized carbons (Fsp3) is 0.500. The Kier molecular flexibility index (Phi) is 7.74. The number of aliphatic hydroxyl groups is 2. The van der Waals surface area contributed by atoms with Crippen molar-refractivity contribution in [2.45, 2.75) is 122 Å². The zero-order valence-corrected chi connectivity index (χ0v) is 27.8. The van der Waals surface area contributed by atoms with Crippen LogP contribution >= 0.6 is 0 Å². The van der Waals surface area contributed by atoms with Gasteiger partial charge in [-0.25, -0.2) is 4.79 Å². The first-order valence-corrected chi connectivity index (χ1v) is 17.1. The van der Waals surface area contributed by atoms with Crippen molar-refractivity contribution in [1.29, 1.82) is 0 Å². The lowest BCUT2D eigenvalue weighted by molar-refractivity contribution is -0.261. The second-order valence-electron chi connectivity index (χ2n) is 15.7. The Morgan fingerprint density at radius 1 is 0.705 bits per heavy atom. The van der Waals surface area contributed by atoms with Crippen LogP contribution in [-0.2, 0) is 31.3 Å². The van der Waals surface area contributed by atoms with E-state index in [9.17, 15) is 15.0 Å². The molecule has 4 aliphatic carbocycles. The van der Waals surface area contributed by atoms with Crippen LogP contribution in [0.3, 0.4) is 0 Å². The van der Waals surface area contributed by atoms with Gasteiger partial charge in [0.15, 0.2) is 21.3 Å². The van der Waals surface area contributed by atoms with Crippen molar-refractivity contribution in [1.82, 2.24) is 0 Å². The van der Waals surface area contributed by atoms with E-state index in [-0.39, 0.29) is 34.2 Å². The van der Waals surface area contributed by atoms with Gasteiger partial charge in [0.2, 0.25) is 0 Å². The summed E-state index contributed by atoms with van der Waals surface area (Å²) in [5.74, 6) is 0.328. The molecule has 4 saturated carbocycles. The van der Waals surface area contributed by atoms with E-state index in [1.54, 1.807) is 0 Å². The second-order valence-corrected chi connectivity index (χ2v) is 17.8. The van der Waals surface area contributed by atoms with E-state index >= 15 is 0 Å². The molecule has 4 bridgehead atoms. The van der Waals surface area contributed by atoms with Crippen LogP contribution in [0.2, 0.25) is 0 Å². The summed E-state index contributed by atoms with van der Waals surface area (Å²) in [5.41, 5.74) is 0.0964. The molecule has 44 heavy (non-hydrogen) atoms. The first-order valence-electron chi connectivity index (χ1n) is 15.9. The van der Waals surface area contributed by atoms with Crippen molar-refractivity contribution in [3.8, 4) is 5.75 Å². The average molecular weight is 616 g/mol. The van der Waals surface area contributed by atoms with Gasteiger partial charge < -0.3 is 19.7 Å². The second kappa shape index (κ2) is 10.9. The highest BCUT2D eigenvalue weighted by Crippen LogP contribution is 2.60. The van der Waals surface area contributed by atoms with Gasteiger partial charge in [0.25, 0.3) is 0 Å². The van der Waals surface area contributed by atoms with Crippen LogP contribution in [0, 0.1) is 5.92 Å². The zero-order valence-electron chi connectivity index (χ0n) is 27.0. The Bertz CT molecular complexity index is 1420. The minimum absolute atomic E-state index is 0.0837. The Balaban J connectivity index is 1.18. The summed E-state index contributed by atoms with van der Waals surface area (Å²) in [7, 11) is -0.317. The Morgan fingerprint density at radius 2 is 1.14 bits per heavy atom. The summed E-state index contributed by atoms with van der Waals surface area (Å²) >= 11 is 0. The van der Waals surface area contributed by atoms with Crippen molar-refractivity contribution in [3.63, 3.8) is 0 Å². The molecule has 2 atom stereocenters. The highest BCUT2D eigenvalue weighted by Gasteiger charge is 2.64. The van der Waals surface area contributed by atoms with Crippen LogP contribution < -0.4 is 4.74 Å². The van der Waals surface area contributed by atoms with Gasteiger partial charge in [-0.05, 0) is 95.7 Å². The molecule has 4 aliphatic rings. The van der Waals surface area contributed by atoms with Crippen LogP contribution in [0.4, 0.5) is 0 Å². The maximum Gasteiger partial charge on any atom is 0.344 e. The van der Waals surface area contributed by atoms with E-state index in [1.807, 2.05) is 12.1 Å².